The van der Waals surface area contributed by atoms with E-state index in [0.717, 1.165) is 34.5 Å². The molecular weight excluding hydrogens is 514 g/mol. The first-order valence-electron chi connectivity index (χ1n) is 13.7. The molecule has 9 nitrogen and oxygen atoms in total. The average Bonchev–Trinajstić information content (AvgIpc) is 3.32. The Bertz CT molecular complexity index is 1660. The number of aromatic nitrogens is 3. The summed E-state index contributed by atoms with van der Waals surface area (Å²) >= 11 is 0. The molecule has 1 aliphatic heterocycles. The van der Waals surface area contributed by atoms with Gasteiger partial charge in [0.2, 0.25) is 0 Å². The molecule has 41 heavy (non-hydrogen) atoms. The van der Waals surface area contributed by atoms with Gasteiger partial charge in [-0.25, -0.2) is 9.50 Å². The van der Waals surface area contributed by atoms with E-state index in [-0.39, 0.29) is 23.9 Å². The molecule has 2 aromatic carbocycles. The second kappa shape index (κ2) is 11.7. The number of aryl methyl sites for hydroxylation is 2. The molecule has 0 saturated heterocycles. The monoisotopic (exact) mass is 549 g/mol. The minimum atomic E-state index is -0.199. The van der Waals surface area contributed by atoms with E-state index in [1.165, 1.54) is 6.33 Å². The van der Waals surface area contributed by atoms with Gasteiger partial charge in [0.1, 0.15) is 11.8 Å². The van der Waals surface area contributed by atoms with Gasteiger partial charge in [-0.05, 0) is 68.2 Å². The zero-order valence-electron chi connectivity index (χ0n) is 24.0. The lowest BCUT2D eigenvalue weighted by Gasteiger charge is -2.25. The van der Waals surface area contributed by atoms with Crippen LogP contribution in [0.3, 0.4) is 0 Å². The van der Waals surface area contributed by atoms with Crippen LogP contribution in [0, 0.1) is 13.8 Å². The first kappa shape index (κ1) is 27.6. The van der Waals surface area contributed by atoms with Crippen molar-refractivity contribution in [3.63, 3.8) is 0 Å². The number of nitrogens with one attached hydrogen (secondary N) is 3. The summed E-state index contributed by atoms with van der Waals surface area (Å²) in [4.78, 5) is 33.0. The van der Waals surface area contributed by atoms with Gasteiger partial charge in [0.05, 0.1) is 11.6 Å². The van der Waals surface area contributed by atoms with Crippen molar-refractivity contribution in [1.82, 2.24) is 30.1 Å². The average molecular weight is 550 g/mol. The molecule has 5 rings (SSSR count). The molecule has 0 bridgehead atoms. The van der Waals surface area contributed by atoms with Crippen LogP contribution in [0.4, 0.5) is 11.5 Å². The molecule has 3 N–H and O–H groups in total. The first-order chi connectivity index (χ1) is 19.7. The highest BCUT2D eigenvalue weighted by Crippen LogP contribution is 2.28. The molecule has 1 aliphatic rings. The lowest BCUT2D eigenvalue weighted by atomic mass is 10.0. The highest BCUT2D eigenvalue weighted by Gasteiger charge is 2.21. The third kappa shape index (κ3) is 5.84. The van der Waals surface area contributed by atoms with E-state index in [9.17, 15) is 9.59 Å². The SMILES string of the molecule is CC[C@H](NC(=O)c1cn2ncnc(Nc3cc(C(=O)NC4=CC(C)N(C)C=C4)ccc3C)c2c1C)c1ccccc1. The van der Waals surface area contributed by atoms with E-state index in [1.807, 2.05) is 88.6 Å². The summed E-state index contributed by atoms with van der Waals surface area (Å²) in [6, 6.07) is 15.5. The molecule has 0 spiro atoms. The minimum absolute atomic E-state index is 0.102. The maximum atomic E-state index is 13.4. The Morgan fingerprint density at radius 2 is 1.85 bits per heavy atom. The number of amides is 2. The quantitative estimate of drug-likeness (QED) is 0.271. The van der Waals surface area contributed by atoms with Gasteiger partial charge in [0, 0.05) is 42.4 Å². The summed E-state index contributed by atoms with van der Waals surface area (Å²) in [6.07, 6.45) is 9.78. The number of allylic oxidation sites excluding steroid dienone is 1. The van der Waals surface area contributed by atoms with Gasteiger partial charge in [-0.3, -0.25) is 9.59 Å². The molecule has 4 aromatic rings. The second-order valence-electron chi connectivity index (χ2n) is 10.4. The van der Waals surface area contributed by atoms with Gasteiger partial charge in [-0.15, -0.1) is 0 Å². The fraction of sp³-hybridized carbons (Fsp3) is 0.250. The van der Waals surface area contributed by atoms with Crippen molar-refractivity contribution in [1.29, 1.82) is 0 Å². The first-order valence-corrected chi connectivity index (χ1v) is 13.7. The normalized spacial score (nSPS) is 15.4. The molecule has 9 heteroatoms. The largest absolute Gasteiger partial charge is 0.374 e. The maximum absolute atomic E-state index is 13.4. The Hall–Kier alpha value is -4.92. The molecule has 210 valence electrons. The number of rotatable bonds is 8. The highest BCUT2D eigenvalue weighted by molar-refractivity contribution is 6.00. The van der Waals surface area contributed by atoms with Crippen molar-refractivity contribution in [2.24, 2.45) is 0 Å². The van der Waals surface area contributed by atoms with Crippen LogP contribution in [0.1, 0.15) is 63.7 Å². The number of carbonyl (C=O) groups excluding carboxylic acids is 2. The smallest absolute Gasteiger partial charge is 0.255 e. The number of benzene rings is 2. The van der Waals surface area contributed by atoms with Gasteiger partial charge in [-0.1, -0.05) is 43.3 Å². The molecule has 0 saturated carbocycles. The minimum Gasteiger partial charge on any atom is -0.374 e. The zero-order chi connectivity index (χ0) is 29.1. The van der Waals surface area contributed by atoms with Crippen molar-refractivity contribution in [2.45, 2.75) is 46.2 Å². The number of hydrogen-bond donors (Lipinski definition) is 3. The fourth-order valence-electron chi connectivity index (χ4n) is 4.90. The second-order valence-corrected chi connectivity index (χ2v) is 10.4. The maximum Gasteiger partial charge on any atom is 0.255 e. The summed E-state index contributed by atoms with van der Waals surface area (Å²) in [5, 5.41) is 13.9. The van der Waals surface area contributed by atoms with E-state index in [0.29, 0.717) is 22.5 Å². The van der Waals surface area contributed by atoms with Crippen molar-refractivity contribution in [3.8, 4) is 0 Å². The lowest BCUT2D eigenvalue weighted by Crippen LogP contribution is -2.30. The number of anilines is 2. The predicted octanol–water partition coefficient (Wildman–Crippen LogP) is 5.43. The highest BCUT2D eigenvalue weighted by atomic mass is 16.2. The number of nitrogens with zero attached hydrogens (tertiary/aromatic N) is 4. The fourth-order valence-corrected chi connectivity index (χ4v) is 4.90. The molecule has 2 atom stereocenters. The van der Waals surface area contributed by atoms with E-state index in [4.69, 9.17) is 0 Å². The van der Waals surface area contributed by atoms with Crippen LogP contribution >= 0.6 is 0 Å². The van der Waals surface area contributed by atoms with Crippen molar-refractivity contribution >= 4 is 28.8 Å². The predicted molar refractivity (Wildman–Crippen MR) is 161 cm³/mol. The van der Waals surface area contributed by atoms with E-state index >= 15 is 0 Å². The van der Waals surface area contributed by atoms with Gasteiger partial charge in [0.15, 0.2) is 5.82 Å². The summed E-state index contributed by atoms with van der Waals surface area (Å²) in [6.45, 7) is 7.97. The van der Waals surface area contributed by atoms with Crippen LogP contribution < -0.4 is 16.0 Å². The van der Waals surface area contributed by atoms with Crippen LogP contribution in [-0.4, -0.2) is 44.4 Å². The summed E-state index contributed by atoms with van der Waals surface area (Å²) in [5.74, 6) is 0.174. The summed E-state index contributed by atoms with van der Waals surface area (Å²) in [7, 11) is 1.99. The lowest BCUT2D eigenvalue weighted by molar-refractivity contribution is 0.0933. The Balaban J connectivity index is 1.39. The van der Waals surface area contributed by atoms with Crippen molar-refractivity contribution in [3.05, 3.63) is 113 Å². The zero-order valence-corrected chi connectivity index (χ0v) is 24.0. The standard InChI is InChI=1S/C32H35N7O2/c1-6-27(23-10-8-7-9-11-23)37-32(41)26-18-39-29(22(26)4)30(33-19-34-39)36-28-17-24(13-12-20(28)2)31(40)35-25-14-15-38(5)21(3)16-25/h7-19,21,27H,6H2,1-5H3,(H,35,40)(H,37,41)(H,33,34,36)/t21?,27-/m0/s1. The molecule has 2 amide bonds. The van der Waals surface area contributed by atoms with Gasteiger partial charge in [-0.2, -0.15) is 5.10 Å². The molecule has 2 aromatic heterocycles. The van der Waals surface area contributed by atoms with Crippen LogP contribution in [0.15, 0.2) is 85.1 Å². The Kier molecular flexibility index (Phi) is 7.87. The number of likely N-dealkylation sites (N-methyl/N-ethyl adjacent to an activating group) is 1. The van der Waals surface area contributed by atoms with Gasteiger partial charge >= 0.3 is 0 Å². The summed E-state index contributed by atoms with van der Waals surface area (Å²) in [5.41, 5.74) is 6.00. The third-order valence-corrected chi connectivity index (χ3v) is 7.55. The van der Waals surface area contributed by atoms with E-state index < -0.39 is 0 Å². The van der Waals surface area contributed by atoms with Crippen LogP contribution in [0.5, 0.6) is 0 Å². The van der Waals surface area contributed by atoms with Crippen LogP contribution in [0.25, 0.3) is 5.52 Å². The molecule has 0 fully saturated rings. The number of carbonyl (C=O) groups is 2. The topological polar surface area (TPSA) is 104 Å². The van der Waals surface area contributed by atoms with E-state index in [1.54, 1.807) is 16.8 Å². The van der Waals surface area contributed by atoms with Gasteiger partial charge < -0.3 is 20.9 Å². The Labute approximate surface area is 240 Å². The number of fused-ring (bicyclic) bond motifs is 1. The molecule has 3 heterocycles. The molecule has 1 unspecified atom stereocenters. The Morgan fingerprint density at radius 1 is 1.07 bits per heavy atom. The number of hydrogen-bond acceptors (Lipinski definition) is 6. The summed E-state index contributed by atoms with van der Waals surface area (Å²) < 4.78 is 1.66. The van der Waals surface area contributed by atoms with Gasteiger partial charge in [0.25, 0.3) is 11.8 Å². The Morgan fingerprint density at radius 3 is 2.59 bits per heavy atom. The molecular formula is C32H35N7O2. The van der Waals surface area contributed by atoms with Crippen LogP contribution in [0.2, 0.25) is 0 Å². The molecule has 0 aliphatic carbocycles. The van der Waals surface area contributed by atoms with Crippen molar-refractivity contribution < 1.29 is 9.59 Å². The van der Waals surface area contributed by atoms with Crippen molar-refractivity contribution in [2.75, 3.05) is 12.4 Å². The van der Waals surface area contributed by atoms with E-state index in [2.05, 4.69) is 37.9 Å². The van der Waals surface area contributed by atoms with Crippen LogP contribution in [-0.2, 0) is 0 Å². The third-order valence-electron chi connectivity index (χ3n) is 7.55. The molecule has 0 radical (unpaired) electrons.